The molecule has 1 saturated heterocycles. The van der Waals surface area contributed by atoms with Crippen LogP contribution in [0.15, 0.2) is 64.5 Å². The molecule has 1 aliphatic rings. The summed E-state index contributed by atoms with van der Waals surface area (Å²) in [5, 5.41) is 18.5. The number of fused-ring (bicyclic) bond motifs is 1. The second-order valence-corrected chi connectivity index (χ2v) is 8.55. The van der Waals surface area contributed by atoms with Gasteiger partial charge in [-0.2, -0.15) is 4.68 Å². The lowest BCUT2D eigenvalue weighted by Crippen LogP contribution is -2.23. The predicted molar refractivity (Wildman–Crippen MR) is 120 cm³/mol. The lowest BCUT2D eigenvalue weighted by Gasteiger charge is -2.16. The van der Waals surface area contributed by atoms with Crippen molar-refractivity contribution in [2.24, 2.45) is 0 Å². The van der Waals surface area contributed by atoms with E-state index in [-0.39, 0.29) is 5.56 Å². The number of hydrogen-bond acceptors (Lipinski definition) is 7. The Kier molecular flexibility index (Phi) is 5.77. The number of hydrogen-bond donors (Lipinski definition) is 0. The lowest BCUT2D eigenvalue weighted by molar-refractivity contribution is 0.316. The molecule has 0 saturated carbocycles. The van der Waals surface area contributed by atoms with Crippen molar-refractivity contribution in [2.45, 2.75) is 37.0 Å². The van der Waals surface area contributed by atoms with Crippen molar-refractivity contribution >= 4 is 22.7 Å². The van der Waals surface area contributed by atoms with Gasteiger partial charge in [-0.15, -0.1) is 15.3 Å². The first-order valence-corrected chi connectivity index (χ1v) is 11.4. The topological polar surface area (TPSA) is 81.7 Å². The third-order valence-corrected chi connectivity index (χ3v) is 6.42. The van der Waals surface area contributed by atoms with Crippen LogP contribution in [0.1, 0.15) is 24.2 Å². The Morgan fingerprint density at radius 2 is 1.65 bits per heavy atom. The van der Waals surface area contributed by atoms with E-state index in [1.807, 2.05) is 30.3 Å². The molecule has 0 spiro atoms. The summed E-state index contributed by atoms with van der Waals surface area (Å²) in [5.41, 5.74) is 1.65. The highest BCUT2D eigenvalue weighted by atomic mass is 32.2. The molecule has 158 valence electrons. The van der Waals surface area contributed by atoms with Crippen LogP contribution in [-0.4, -0.2) is 47.7 Å². The van der Waals surface area contributed by atoms with E-state index in [1.54, 1.807) is 12.1 Å². The molecule has 2 aromatic carbocycles. The van der Waals surface area contributed by atoms with Crippen LogP contribution in [-0.2, 0) is 19.0 Å². The molecule has 3 heterocycles. The molecule has 2 aromatic heterocycles. The summed E-state index contributed by atoms with van der Waals surface area (Å²) in [7, 11) is 0. The van der Waals surface area contributed by atoms with E-state index >= 15 is 0 Å². The minimum Gasteiger partial charge on any atom is -0.300 e. The largest absolute Gasteiger partial charge is 0.300 e. The summed E-state index contributed by atoms with van der Waals surface area (Å²) in [6.45, 7) is 3.68. The van der Waals surface area contributed by atoms with Crippen LogP contribution in [0, 0.1) is 0 Å². The van der Waals surface area contributed by atoms with Crippen LogP contribution in [0.4, 0.5) is 0 Å². The maximum Gasteiger partial charge on any atom is 0.278 e. The molecule has 5 rings (SSSR count). The van der Waals surface area contributed by atoms with Gasteiger partial charge in [0.1, 0.15) is 11.3 Å². The Labute approximate surface area is 183 Å². The van der Waals surface area contributed by atoms with Gasteiger partial charge in [0, 0.05) is 0 Å². The van der Waals surface area contributed by atoms with Crippen molar-refractivity contribution < 1.29 is 0 Å². The summed E-state index contributed by atoms with van der Waals surface area (Å²) in [4.78, 5) is 15.2. The van der Waals surface area contributed by atoms with E-state index in [9.17, 15) is 4.79 Å². The third kappa shape index (κ3) is 4.38. The molecular weight excluding hydrogens is 410 g/mol. The van der Waals surface area contributed by atoms with E-state index in [2.05, 4.69) is 42.1 Å². The minimum absolute atomic E-state index is 0.149. The number of benzene rings is 2. The van der Waals surface area contributed by atoms with Crippen molar-refractivity contribution in [3.8, 4) is 0 Å². The fourth-order valence-electron chi connectivity index (χ4n) is 3.84. The van der Waals surface area contributed by atoms with Gasteiger partial charge in [0.2, 0.25) is 0 Å². The van der Waals surface area contributed by atoms with E-state index in [4.69, 9.17) is 0 Å². The average Bonchev–Trinajstić information content (AvgIpc) is 3.45. The van der Waals surface area contributed by atoms with Gasteiger partial charge in [0.25, 0.3) is 5.56 Å². The van der Waals surface area contributed by atoms with Crippen molar-refractivity contribution in [1.82, 2.24) is 34.7 Å². The van der Waals surface area contributed by atoms with Gasteiger partial charge in [0.05, 0.1) is 24.4 Å². The fraction of sp³-hybridized carbons (Fsp3) is 0.318. The van der Waals surface area contributed by atoms with Crippen molar-refractivity contribution in [1.29, 1.82) is 0 Å². The maximum atomic E-state index is 12.8. The second-order valence-electron chi connectivity index (χ2n) is 7.64. The molecule has 0 amide bonds. The van der Waals surface area contributed by atoms with Gasteiger partial charge in [-0.05, 0) is 43.6 Å². The Bertz CT molecular complexity index is 1230. The van der Waals surface area contributed by atoms with E-state index in [1.165, 1.54) is 34.8 Å². The molecule has 0 N–H and O–H groups in total. The molecular formula is C22H23N7OS. The molecule has 0 aliphatic carbocycles. The molecule has 4 aromatic rings. The zero-order valence-electron chi connectivity index (χ0n) is 17.1. The predicted octanol–water partition coefficient (Wildman–Crippen LogP) is 2.78. The Morgan fingerprint density at radius 3 is 2.48 bits per heavy atom. The molecule has 0 atom stereocenters. The van der Waals surface area contributed by atoms with Crippen LogP contribution in [0.25, 0.3) is 10.9 Å². The highest BCUT2D eigenvalue weighted by Gasteiger charge is 2.19. The van der Waals surface area contributed by atoms with Crippen molar-refractivity contribution in [3.05, 3.63) is 76.3 Å². The number of rotatable bonds is 7. The number of nitrogens with zero attached hydrogens (tertiary/aromatic N) is 7. The van der Waals surface area contributed by atoms with Gasteiger partial charge in [0.15, 0.2) is 5.16 Å². The molecule has 9 heteroatoms. The summed E-state index contributed by atoms with van der Waals surface area (Å²) in [6.07, 6.45) is 2.47. The summed E-state index contributed by atoms with van der Waals surface area (Å²) >= 11 is 1.45. The molecule has 8 nitrogen and oxygen atoms in total. The Hall–Kier alpha value is -3.04. The van der Waals surface area contributed by atoms with Crippen LogP contribution in [0.5, 0.6) is 0 Å². The third-order valence-electron chi connectivity index (χ3n) is 5.49. The molecule has 0 bridgehead atoms. The van der Waals surface area contributed by atoms with Crippen LogP contribution >= 0.6 is 11.8 Å². The number of likely N-dealkylation sites (tertiary alicyclic amines) is 1. The Morgan fingerprint density at radius 1 is 0.871 bits per heavy atom. The molecule has 1 aliphatic heterocycles. The van der Waals surface area contributed by atoms with Gasteiger partial charge in [-0.25, -0.2) is 0 Å². The first-order chi connectivity index (χ1) is 15.3. The quantitative estimate of drug-likeness (QED) is 0.415. The van der Waals surface area contributed by atoms with Crippen LogP contribution < -0.4 is 5.56 Å². The maximum absolute atomic E-state index is 12.8. The second kappa shape index (κ2) is 8.99. The molecule has 1 fully saturated rings. The summed E-state index contributed by atoms with van der Waals surface area (Å²) < 4.78 is 3.53. The van der Waals surface area contributed by atoms with Gasteiger partial charge >= 0.3 is 0 Å². The SMILES string of the molecule is O=c1c2ccccc2nnn1CSc1nnc(CN2CCCC2)n1Cc1ccccc1. The number of thioether (sulfide) groups is 1. The van der Waals surface area contributed by atoms with Gasteiger partial charge in [-0.3, -0.25) is 9.69 Å². The first kappa shape index (κ1) is 19.9. The summed E-state index contributed by atoms with van der Waals surface area (Å²) in [5.74, 6) is 1.28. The molecule has 0 radical (unpaired) electrons. The van der Waals surface area contributed by atoms with Crippen LogP contribution in [0.2, 0.25) is 0 Å². The molecule has 31 heavy (non-hydrogen) atoms. The normalized spacial score (nSPS) is 14.5. The zero-order valence-corrected chi connectivity index (χ0v) is 17.9. The monoisotopic (exact) mass is 433 g/mol. The smallest absolute Gasteiger partial charge is 0.278 e. The van der Waals surface area contributed by atoms with Crippen molar-refractivity contribution in [3.63, 3.8) is 0 Å². The minimum atomic E-state index is -0.149. The van der Waals surface area contributed by atoms with Crippen molar-refractivity contribution in [2.75, 3.05) is 13.1 Å². The zero-order chi connectivity index (χ0) is 21.0. The van der Waals surface area contributed by atoms with E-state index in [0.29, 0.717) is 23.3 Å². The summed E-state index contributed by atoms with van der Waals surface area (Å²) in [6, 6.07) is 17.6. The van der Waals surface area contributed by atoms with Crippen LogP contribution in [0.3, 0.4) is 0 Å². The van der Waals surface area contributed by atoms with E-state index in [0.717, 1.165) is 30.6 Å². The standard InChI is InChI=1S/C22H23N7OS/c30-21-18-10-4-5-11-19(18)23-26-29(21)16-31-22-25-24-20(15-27-12-6-7-13-27)28(22)14-17-8-2-1-3-9-17/h1-5,8-11H,6-7,12-16H2. The Balaban J connectivity index is 1.41. The highest BCUT2D eigenvalue weighted by Crippen LogP contribution is 2.22. The fourth-order valence-corrected chi connectivity index (χ4v) is 4.67. The number of aromatic nitrogens is 6. The average molecular weight is 434 g/mol. The highest BCUT2D eigenvalue weighted by molar-refractivity contribution is 7.98. The van der Waals surface area contributed by atoms with Gasteiger partial charge in [-0.1, -0.05) is 59.4 Å². The van der Waals surface area contributed by atoms with Gasteiger partial charge < -0.3 is 4.57 Å². The lowest BCUT2D eigenvalue weighted by atomic mass is 10.2. The molecule has 0 unspecified atom stereocenters. The first-order valence-electron chi connectivity index (χ1n) is 10.4. The van der Waals surface area contributed by atoms with E-state index < -0.39 is 0 Å².